The van der Waals surface area contributed by atoms with Crippen molar-refractivity contribution >= 4 is 16.6 Å². The van der Waals surface area contributed by atoms with Gasteiger partial charge in [-0.1, -0.05) is 6.07 Å². The first-order valence-electron chi connectivity index (χ1n) is 7.15. The van der Waals surface area contributed by atoms with Crippen LogP contribution in [-0.4, -0.2) is 16.7 Å². The lowest BCUT2D eigenvalue weighted by Crippen LogP contribution is -2.21. The summed E-state index contributed by atoms with van der Waals surface area (Å²) in [5.74, 6) is 0.118. The molecule has 3 aromatic rings. The van der Waals surface area contributed by atoms with Gasteiger partial charge in [0.15, 0.2) is 0 Å². The largest absolute Gasteiger partial charge is 0.497 e. The minimum atomic E-state index is -0.348. The van der Waals surface area contributed by atoms with Crippen LogP contribution in [-0.2, 0) is 13.0 Å². The van der Waals surface area contributed by atoms with Crippen molar-refractivity contribution in [1.82, 2.24) is 9.55 Å². The van der Waals surface area contributed by atoms with E-state index in [0.717, 1.165) is 0 Å². The fraction of sp³-hybridized carbons (Fsp3) is 0.176. The van der Waals surface area contributed by atoms with Gasteiger partial charge in [0.1, 0.15) is 11.6 Å². The average molecular weight is 313 g/mol. The number of anilines is 1. The summed E-state index contributed by atoms with van der Waals surface area (Å²) in [4.78, 5) is 16.6. The van der Waals surface area contributed by atoms with Gasteiger partial charge in [-0.3, -0.25) is 9.36 Å². The summed E-state index contributed by atoms with van der Waals surface area (Å²) in [6.45, 7) is 0.343. The van der Waals surface area contributed by atoms with Crippen LogP contribution in [0.15, 0.2) is 47.5 Å². The Balaban J connectivity index is 1.86. The number of aryl methyl sites for hydroxylation is 2. The third-order valence-electron chi connectivity index (χ3n) is 3.73. The Morgan fingerprint density at radius 3 is 2.83 bits per heavy atom. The molecule has 1 heterocycles. The fourth-order valence-corrected chi connectivity index (χ4v) is 2.43. The molecule has 6 heteroatoms. The average Bonchev–Trinajstić information content (AvgIpc) is 2.55. The van der Waals surface area contributed by atoms with Gasteiger partial charge in [-0.05, 0) is 36.2 Å². The molecule has 2 N–H and O–H groups in total. The molecule has 1 aromatic heterocycles. The van der Waals surface area contributed by atoms with Crippen LogP contribution in [0.25, 0.3) is 10.9 Å². The molecular formula is C17H16FN3O2. The lowest BCUT2D eigenvalue weighted by molar-refractivity contribution is 0.410. The molecule has 5 nitrogen and oxygen atoms in total. The van der Waals surface area contributed by atoms with E-state index < -0.39 is 0 Å². The van der Waals surface area contributed by atoms with Crippen molar-refractivity contribution in [3.63, 3.8) is 0 Å². The third-order valence-corrected chi connectivity index (χ3v) is 3.73. The van der Waals surface area contributed by atoms with Crippen LogP contribution in [0.3, 0.4) is 0 Å². The van der Waals surface area contributed by atoms with E-state index in [9.17, 15) is 9.18 Å². The molecule has 0 aliphatic heterocycles. The summed E-state index contributed by atoms with van der Waals surface area (Å²) in [6, 6.07) is 9.67. The molecule has 0 saturated heterocycles. The number of rotatable bonds is 4. The molecule has 0 fully saturated rings. The van der Waals surface area contributed by atoms with Crippen molar-refractivity contribution in [1.29, 1.82) is 0 Å². The smallest absolute Gasteiger partial charge is 0.261 e. The van der Waals surface area contributed by atoms with Gasteiger partial charge in [-0.25, -0.2) is 9.37 Å². The number of halogens is 1. The van der Waals surface area contributed by atoms with Crippen molar-refractivity contribution in [2.45, 2.75) is 13.0 Å². The van der Waals surface area contributed by atoms with Gasteiger partial charge in [0.2, 0.25) is 0 Å². The van der Waals surface area contributed by atoms with Crippen LogP contribution in [0, 0.1) is 5.82 Å². The van der Waals surface area contributed by atoms with E-state index in [4.69, 9.17) is 10.5 Å². The first-order chi connectivity index (χ1) is 11.1. The second-order valence-electron chi connectivity index (χ2n) is 5.23. The van der Waals surface area contributed by atoms with Crippen molar-refractivity contribution in [2.24, 2.45) is 0 Å². The van der Waals surface area contributed by atoms with Gasteiger partial charge in [0.25, 0.3) is 5.56 Å². The summed E-state index contributed by atoms with van der Waals surface area (Å²) in [7, 11) is 1.49. The van der Waals surface area contributed by atoms with Crippen LogP contribution in [0.2, 0.25) is 0 Å². The van der Waals surface area contributed by atoms with E-state index in [1.807, 2.05) is 0 Å². The van der Waals surface area contributed by atoms with Gasteiger partial charge in [-0.2, -0.15) is 0 Å². The zero-order valence-corrected chi connectivity index (χ0v) is 12.6. The van der Waals surface area contributed by atoms with E-state index in [2.05, 4.69) is 4.98 Å². The summed E-state index contributed by atoms with van der Waals surface area (Å²) in [5.41, 5.74) is 7.16. The van der Waals surface area contributed by atoms with Crippen molar-refractivity contribution in [3.8, 4) is 5.75 Å². The highest BCUT2D eigenvalue weighted by molar-refractivity contribution is 5.80. The highest BCUT2D eigenvalue weighted by atomic mass is 19.1. The molecule has 3 rings (SSSR count). The van der Waals surface area contributed by atoms with Gasteiger partial charge < -0.3 is 10.5 Å². The molecule has 23 heavy (non-hydrogen) atoms. The monoisotopic (exact) mass is 313 g/mol. The zero-order chi connectivity index (χ0) is 16.4. The van der Waals surface area contributed by atoms with Crippen molar-refractivity contribution in [2.75, 3.05) is 12.8 Å². The summed E-state index contributed by atoms with van der Waals surface area (Å²) < 4.78 is 20.4. The van der Waals surface area contributed by atoms with Gasteiger partial charge in [-0.15, -0.1) is 0 Å². The van der Waals surface area contributed by atoms with Gasteiger partial charge in [0, 0.05) is 18.3 Å². The standard InChI is InChI=1S/C17H16FN3O2/c1-23-13-4-2-11(15(18)9-13)6-7-21-10-20-16-8-12(19)3-5-14(16)17(21)22/h2-5,8-10H,6-7,19H2,1H3. The summed E-state index contributed by atoms with van der Waals surface area (Å²) in [6.07, 6.45) is 1.85. The van der Waals surface area contributed by atoms with Crippen LogP contribution in [0.5, 0.6) is 5.75 Å². The molecule has 0 saturated carbocycles. The van der Waals surface area contributed by atoms with E-state index >= 15 is 0 Å². The molecule has 118 valence electrons. The van der Waals surface area contributed by atoms with E-state index in [1.165, 1.54) is 24.1 Å². The first-order valence-corrected chi connectivity index (χ1v) is 7.15. The quantitative estimate of drug-likeness (QED) is 0.751. The predicted molar refractivity (Wildman–Crippen MR) is 87.1 cm³/mol. The number of hydrogen-bond donors (Lipinski definition) is 1. The lowest BCUT2D eigenvalue weighted by atomic mass is 10.1. The Morgan fingerprint density at radius 1 is 1.26 bits per heavy atom. The number of benzene rings is 2. The maximum Gasteiger partial charge on any atom is 0.261 e. The third kappa shape index (κ3) is 3.01. The number of fused-ring (bicyclic) bond motifs is 1. The number of ether oxygens (including phenoxy) is 1. The van der Waals surface area contributed by atoms with E-state index in [-0.39, 0.29) is 11.4 Å². The lowest BCUT2D eigenvalue weighted by Gasteiger charge is -2.08. The molecule has 0 radical (unpaired) electrons. The van der Waals surface area contributed by atoms with Crippen LogP contribution >= 0.6 is 0 Å². The molecule has 0 aliphatic rings. The molecule has 2 aromatic carbocycles. The number of methoxy groups -OCH3 is 1. The summed E-state index contributed by atoms with van der Waals surface area (Å²) in [5, 5.41) is 0.497. The second kappa shape index (κ2) is 6.08. The molecular weight excluding hydrogens is 297 g/mol. The number of hydrogen-bond acceptors (Lipinski definition) is 4. The van der Waals surface area contributed by atoms with Crippen molar-refractivity contribution < 1.29 is 9.13 Å². The summed E-state index contributed by atoms with van der Waals surface area (Å²) >= 11 is 0. The number of nitrogen functional groups attached to an aromatic ring is 1. The highest BCUT2D eigenvalue weighted by Crippen LogP contribution is 2.17. The normalized spacial score (nSPS) is 10.9. The molecule has 0 unspecified atom stereocenters. The topological polar surface area (TPSA) is 70.1 Å². The van der Waals surface area contributed by atoms with E-state index in [1.54, 1.807) is 30.3 Å². The van der Waals surface area contributed by atoms with Gasteiger partial charge in [0.05, 0.1) is 24.3 Å². The maximum absolute atomic E-state index is 13.9. The number of nitrogens with two attached hydrogens (primary N) is 1. The SMILES string of the molecule is COc1ccc(CCn2cnc3cc(N)ccc3c2=O)c(F)c1. The molecule has 0 spiro atoms. The van der Waals surface area contributed by atoms with Crippen LogP contribution < -0.4 is 16.0 Å². The maximum atomic E-state index is 13.9. The molecule has 0 bridgehead atoms. The first kappa shape index (κ1) is 15.0. The molecule has 0 aliphatic carbocycles. The Kier molecular flexibility index (Phi) is 3.97. The van der Waals surface area contributed by atoms with Crippen LogP contribution in [0.1, 0.15) is 5.56 Å². The predicted octanol–water partition coefficient (Wildman–Crippen LogP) is 2.37. The fourth-order valence-electron chi connectivity index (χ4n) is 2.43. The Labute approximate surface area is 132 Å². The number of aromatic nitrogens is 2. The van der Waals surface area contributed by atoms with Crippen LogP contribution in [0.4, 0.5) is 10.1 Å². The minimum absolute atomic E-state index is 0.163. The number of nitrogens with zero attached hydrogens (tertiary/aromatic N) is 2. The minimum Gasteiger partial charge on any atom is -0.497 e. The molecule has 0 atom stereocenters. The zero-order valence-electron chi connectivity index (χ0n) is 12.6. The molecule has 0 amide bonds. The van der Waals surface area contributed by atoms with Gasteiger partial charge >= 0.3 is 0 Å². The Bertz CT molecular complexity index is 921. The Hall–Kier alpha value is -2.89. The highest BCUT2D eigenvalue weighted by Gasteiger charge is 2.07. The Morgan fingerprint density at radius 2 is 2.09 bits per heavy atom. The second-order valence-corrected chi connectivity index (χ2v) is 5.23. The van der Waals surface area contributed by atoms with E-state index in [0.29, 0.717) is 40.9 Å². The van der Waals surface area contributed by atoms with Crippen molar-refractivity contribution in [3.05, 3.63) is 64.5 Å².